The van der Waals surface area contributed by atoms with Crippen LogP contribution in [0.4, 0.5) is 0 Å². The molecule has 0 aliphatic carbocycles. The summed E-state index contributed by atoms with van der Waals surface area (Å²) in [6.07, 6.45) is 8.51. The van der Waals surface area contributed by atoms with Gasteiger partial charge in [-0.3, -0.25) is 0 Å². The van der Waals surface area contributed by atoms with Crippen molar-refractivity contribution in [3.63, 3.8) is 0 Å². The molecule has 0 radical (unpaired) electrons. The molecule has 1 unspecified atom stereocenters. The maximum absolute atomic E-state index is 3.86. The average molecular weight is 182 g/mol. The smallest absolute Gasteiger partial charge is 0.0300 e. The van der Waals surface area contributed by atoms with Crippen molar-refractivity contribution in [1.29, 1.82) is 0 Å². The number of hydrogen-bond acceptors (Lipinski definition) is 0. The van der Waals surface area contributed by atoms with Crippen LogP contribution in [0.15, 0.2) is 12.7 Å². The SMILES string of the molecule is C=CCC(CCC)C(C)(CC)CC. The lowest BCUT2D eigenvalue weighted by molar-refractivity contribution is 0.158. The van der Waals surface area contributed by atoms with Crippen molar-refractivity contribution in [2.24, 2.45) is 11.3 Å². The molecule has 0 aromatic heterocycles. The van der Waals surface area contributed by atoms with Crippen molar-refractivity contribution >= 4 is 0 Å². The Morgan fingerprint density at radius 1 is 1.23 bits per heavy atom. The van der Waals surface area contributed by atoms with E-state index in [4.69, 9.17) is 0 Å². The van der Waals surface area contributed by atoms with Gasteiger partial charge in [-0.1, -0.05) is 53.0 Å². The van der Waals surface area contributed by atoms with Gasteiger partial charge in [-0.05, 0) is 24.2 Å². The van der Waals surface area contributed by atoms with Gasteiger partial charge >= 0.3 is 0 Å². The minimum atomic E-state index is 0.532. The topological polar surface area (TPSA) is 0 Å². The standard InChI is InChI=1S/C13H26/c1-6-10-12(11-7-2)13(5,8-3)9-4/h6,12H,1,7-11H2,2-5H3. The van der Waals surface area contributed by atoms with Crippen LogP contribution in [-0.2, 0) is 0 Å². The minimum Gasteiger partial charge on any atom is -0.103 e. The van der Waals surface area contributed by atoms with Crippen molar-refractivity contribution < 1.29 is 0 Å². The van der Waals surface area contributed by atoms with E-state index in [0.29, 0.717) is 5.41 Å². The van der Waals surface area contributed by atoms with Crippen LogP contribution in [0.2, 0.25) is 0 Å². The summed E-state index contributed by atoms with van der Waals surface area (Å²) in [6.45, 7) is 13.2. The molecule has 0 N–H and O–H groups in total. The molecule has 0 amide bonds. The zero-order chi connectivity index (χ0) is 10.3. The number of hydrogen-bond donors (Lipinski definition) is 0. The highest BCUT2D eigenvalue weighted by Crippen LogP contribution is 2.39. The molecule has 0 aliphatic heterocycles. The molecule has 0 spiro atoms. The van der Waals surface area contributed by atoms with Crippen LogP contribution in [0.1, 0.15) is 59.8 Å². The van der Waals surface area contributed by atoms with Crippen molar-refractivity contribution in [1.82, 2.24) is 0 Å². The molecular weight excluding hydrogens is 156 g/mol. The monoisotopic (exact) mass is 182 g/mol. The van der Waals surface area contributed by atoms with E-state index < -0.39 is 0 Å². The Hall–Kier alpha value is -0.260. The molecule has 0 saturated heterocycles. The van der Waals surface area contributed by atoms with Gasteiger partial charge in [0.2, 0.25) is 0 Å². The predicted octanol–water partition coefficient (Wildman–Crippen LogP) is 4.81. The van der Waals surface area contributed by atoms with E-state index in [9.17, 15) is 0 Å². The maximum atomic E-state index is 3.86. The first-order valence-electron chi connectivity index (χ1n) is 5.75. The zero-order valence-corrected chi connectivity index (χ0v) is 9.90. The van der Waals surface area contributed by atoms with Crippen molar-refractivity contribution in [2.45, 2.75) is 59.8 Å². The largest absolute Gasteiger partial charge is 0.103 e. The van der Waals surface area contributed by atoms with Gasteiger partial charge in [-0.2, -0.15) is 0 Å². The summed E-state index contributed by atoms with van der Waals surface area (Å²) in [5.74, 6) is 0.838. The van der Waals surface area contributed by atoms with E-state index >= 15 is 0 Å². The van der Waals surface area contributed by atoms with Gasteiger partial charge in [-0.15, -0.1) is 6.58 Å². The molecule has 0 saturated carbocycles. The summed E-state index contributed by atoms with van der Waals surface area (Å²) >= 11 is 0. The summed E-state index contributed by atoms with van der Waals surface area (Å²) in [7, 11) is 0. The fourth-order valence-electron chi connectivity index (χ4n) is 2.13. The van der Waals surface area contributed by atoms with E-state index in [1.165, 1.54) is 32.1 Å². The summed E-state index contributed by atoms with van der Waals surface area (Å²) in [5.41, 5.74) is 0.532. The fraction of sp³-hybridized carbons (Fsp3) is 0.846. The quantitative estimate of drug-likeness (QED) is 0.496. The first-order chi connectivity index (χ1) is 6.14. The number of allylic oxidation sites excluding steroid dienone is 1. The Morgan fingerprint density at radius 2 is 1.77 bits per heavy atom. The van der Waals surface area contributed by atoms with E-state index in [0.717, 1.165) is 5.92 Å². The molecule has 0 aromatic rings. The van der Waals surface area contributed by atoms with Crippen molar-refractivity contribution in [2.75, 3.05) is 0 Å². The lowest BCUT2D eigenvalue weighted by Crippen LogP contribution is -2.25. The third kappa shape index (κ3) is 3.54. The van der Waals surface area contributed by atoms with Gasteiger partial charge < -0.3 is 0 Å². The molecule has 0 heterocycles. The molecule has 78 valence electrons. The molecule has 0 nitrogen and oxygen atoms in total. The maximum Gasteiger partial charge on any atom is -0.0300 e. The van der Waals surface area contributed by atoms with Gasteiger partial charge in [0.05, 0.1) is 0 Å². The molecule has 13 heavy (non-hydrogen) atoms. The molecular formula is C13H26. The first kappa shape index (κ1) is 12.7. The number of rotatable bonds is 7. The van der Waals surface area contributed by atoms with Crippen LogP contribution >= 0.6 is 0 Å². The predicted molar refractivity (Wildman–Crippen MR) is 61.9 cm³/mol. The minimum absolute atomic E-state index is 0.532. The molecule has 0 aliphatic rings. The van der Waals surface area contributed by atoms with E-state index in [-0.39, 0.29) is 0 Å². The second kappa shape index (κ2) is 6.23. The highest BCUT2D eigenvalue weighted by molar-refractivity contribution is 4.85. The summed E-state index contributed by atoms with van der Waals surface area (Å²) in [5, 5.41) is 0. The lowest BCUT2D eigenvalue weighted by atomic mass is 9.70. The van der Waals surface area contributed by atoms with Gasteiger partial charge in [0.1, 0.15) is 0 Å². The van der Waals surface area contributed by atoms with Crippen LogP contribution in [0.25, 0.3) is 0 Å². The molecule has 0 heteroatoms. The van der Waals surface area contributed by atoms with Crippen molar-refractivity contribution in [3.05, 3.63) is 12.7 Å². The molecule has 0 bridgehead atoms. The highest BCUT2D eigenvalue weighted by Gasteiger charge is 2.28. The first-order valence-corrected chi connectivity index (χ1v) is 5.75. The Bertz CT molecular complexity index is 131. The van der Waals surface area contributed by atoms with Crippen molar-refractivity contribution in [3.8, 4) is 0 Å². The van der Waals surface area contributed by atoms with Gasteiger partial charge in [-0.25, -0.2) is 0 Å². The fourth-order valence-corrected chi connectivity index (χ4v) is 2.13. The van der Waals surface area contributed by atoms with Crippen LogP contribution in [-0.4, -0.2) is 0 Å². The van der Waals surface area contributed by atoms with Gasteiger partial charge in [0.25, 0.3) is 0 Å². The highest BCUT2D eigenvalue weighted by atomic mass is 14.3. The van der Waals surface area contributed by atoms with Crippen LogP contribution in [0.3, 0.4) is 0 Å². The summed E-state index contributed by atoms with van der Waals surface area (Å²) < 4.78 is 0. The zero-order valence-electron chi connectivity index (χ0n) is 9.90. The molecule has 1 atom stereocenters. The Labute approximate surface area is 84.4 Å². The van der Waals surface area contributed by atoms with Gasteiger partial charge in [0.15, 0.2) is 0 Å². The summed E-state index contributed by atoms with van der Waals surface area (Å²) in [6, 6.07) is 0. The third-order valence-electron chi connectivity index (χ3n) is 3.69. The van der Waals surface area contributed by atoms with Gasteiger partial charge in [0, 0.05) is 0 Å². The second-order valence-corrected chi connectivity index (χ2v) is 4.37. The second-order valence-electron chi connectivity index (χ2n) is 4.37. The Kier molecular flexibility index (Phi) is 6.11. The normalized spacial score (nSPS) is 14.2. The lowest BCUT2D eigenvalue weighted by Gasteiger charge is -2.36. The van der Waals surface area contributed by atoms with Crippen LogP contribution < -0.4 is 0 Å². The van der Waals surface area contributed by atoms with E-state index in [1.54, 1.807) is 0 Å². The van der Waals surface area contributed by atoms with Crippen LogP contribution in [0, 0.1) is 11.3 Å². The Balaban J connectivity index is 4.36. The van der Waals surface area contributed by atoms with E-state index in [2.05, 4.69) is 40.3 Å². The summed E-state index contributed by atoms with van der Waals surface area (Å²) in [4.78, 5) is 0. The molecule has 0 fully saturated rings. The third-order valence-corrected chi connectivity index (χ3v) is 3.69. The van der Waals surface area contributed by atoms with Crippen LogP contribution in [0.5, 0.6) is 0 Å². The molecule has 0 rings (SSSR count). The Morgan fingerprint density at radius 3 is 2.08 bits per heavy atom. The molecule has 0 aromatic carbocycles. The van der Waals surface area contributed by atoms with E-state index in [1.807, 2.05) is 0 Å². The average Bonchev–Trinajstić information content (AvgIpc) is 2.16.